The summed E-state index contributed by atoms with van der Waals surface area (Å²) in [4.78, 5) is 2.74. The molecule has 88 valence electrons. The Morgan fingerprint density at radius 3 is 1.87 bits per heavy atom. The molecule has 2 heteroatoms. The lowest BCUT2D eigenvalue weighted by atomic mass is 9.80. The summed E-state index contributed by atoms with van der Waals surface area (Å²) < 4.78 is 0. The first-order chi connectivity index (χ1) is 7.37. The number of likely N-dealkylation sites (tertiary alicyclic amines) is 1. The minimum absolute atomic E-state index is 0.391. The van der Waals surface area contributed by atoms with Gasteiger partial charge in [0, 0.05) is 12.1 Å². The van der Waals surface area contributed by atoms with Crippen LogP contribution in [0.3, 0.4) is 0 Å². The van der Waals surface area contributed by atoms with E-state index in [0.29, 0.717) is 5.54 Å². The topological polar surface area (TPSA) is 29.3 Å². The summed E-state index contributed by atoms with van der Waals surface area (Å²) in [5.41, 5.74) is 6.47. The molecule has 2 rings (SSSR count). The van der Waals surface area contributed by atoms with Gasteiger partial charge in [0.1, 0.15) is 0 Å². The Bertz CT molecular complexity index is 177. The van der Waals surface area contributed by atoms with E-state index in [4.69, 9.17) is 5.73 Å². The molecular formula is C13H26N2. The summed E-state index contributed by atoms with van der Waals surface area (Å²) in [6.07, 6.45) is 12.6. The molecule has 2 N–H and O–H groups in total. The van der Waals surface area contributed by atoms with Crippen LogP contribution in [0.25, 0.3) is 0 Å². The van der Waals surface area contributed by atoms with Crippen molar-refractivity contribution in [3.63, 3.8) is 0 Å². The van der Waals surface area contributed by atoms with Crippen molar-refractivity contribution in [3.05, 3.63) is 0 Å². The summed E-state index contributed by atoms with van der Waals surface area (Å²) in [5.74, 6) is 0. The molecule has 0 aromatic heterocycles. The van der Waals surface area contributed by atoms with E-state index >= 15 is 0 Å². The van der Waals surface area contributed by atoms with E-state index in [-0.39, 0.29) is 0 Å². The van der Waals surface area contributed by atoms with Crippen molar-refractivity contribution in [2.24, 2.45) is 5.73 Å². The third-order valence-corrected chi connectivity index (χ3v) is 4.44. The highest BCUT2D eigenvalue weighted by Gasteiger charge is 2.36. The first-order valence-electron chi connectivity index (χ1n) is 6.82. The molecule has 0 aromatic carbocycles. The monoisotopic (exact) mass is 210 g/mol. The van der Waals surface area contributed by atoms with Crippen molar-refractivity contribution in [2.75, 3.05) is 19.6 Å². The summed E-state index contributed by atoms with van der Waals surface area (Å²) >= 11 is 0. The third-order valence-electron chi connectivity index (χ3n) is 4.44. The number of hydrogen-bond acceptors (Lipinski definition) is 2. The Kier molecular flexibility index (Phi) is 4.04. The molecule has 0 aromatic rings. The molecular weight excluding hydrogens is 184 g/mol. The van der Waals surface area contributed by atoms with Gasteiger partial charge in [-0.05, 0) is 38.8 Å². The van der Waals surface area contributed by atoms with Crippen molar-refractivity contribution in [1.82, 2.24) is 4.90 Å². The average Bonchev–Trinajstić information content (AvgIpc) is 2.59. The quantitative estimate of drug-likeness (QED) is 0.759. The Morgan fingerprint density at radius 1 is 0.800 bits per heavy atom. The van der Waals surface area contributed by atoms with Gasteiger partial charge in [0.15, 0.2) is 0 Å². The normalized spacial score (nSPS) is 28.6. The molecule has 0 bridgehead atoms. The fourth-order valence-corrected chi connectivity index (χ4v) is 3.40. The van der Waals surface area contributed by atoms with Crippen LogP contribution >= 0.6 is 0 Å². The van der Waals surface area contributed by atoms with Crippen LogP contribution in [0.1, 0.15) is 57.8 Å². The highest BCUT2D eigenvalue weighted by Crippen LogP contribution is 2.34. The molecule has 15 heavy (non-hydrogen) atoms. The minimum atomic E-state index is 0.391. The van der Waals surface area contributed by atoms with Crippen LogP contribution in [-0.2, 0) is 0 Å². The summed E-state index contributed by atoms with van der Waals surface area (Å²) in [6.45, 7) is 3.49. The van der Waals surface area contributed by atoms with Crippen molar-refractivity contribution in [1.29, 1.82) is 0 Å². The van der Waals surface area contributed by atoms with E-state index in [1.807, 2.05) is 0 Å². The maximum Gasteiger partial charge on any atom is 0.0331 e. The summed E-state index contributed by atoms with van der Waals surface area (Å²) in [7, 11) is 0. The van der Waals surface area contributed by atoms with Gasteiger partial charge < -0.3 is 5.73 Å². The molecule has 1 aliphatic carbocycles. The number of nitrogens with two attached hydrogens (primary N) is 1. The molecule has 0 atom stereocenters. The van der Waals surface area contributed by atoms with Gasteiger partial charge in [-0.2, -0.15) is 0 Å². The molecule has 0 amide bonds. The first kappa shape index (κ1) is 11.4. The summed E-state index contributed by atoms with van der Waals surface area (Å²) in [5, 5.41) is 0. The second-order valence-electron chi connectivity index (χ2n) is 5.39. The molecule has 0 spiro atoms. The first-order valence-corrected chi connectivity index (χ1v) is 6.82. The maximum atomic E-state index is 6.08. The lowest BCUT2D eigenvalue weighted by Crippen LogP contribution is -2.55. The van der Waals surface area contributed by atoms with Gasteiger partial charge in [0.05, 0.1) is 0 Å². The van der Waals surface area contributed by atoms with E-state index in [9.17, 15) is 0 Å². The lowest BCUT2D eigenvalue weighted by molar-refractivity contribution is 0.0603. The largest absolute Gasteiger partial charge is 0.329 e. The molecule has 1 saturated heterocycles. The molecule has 1 saturated carbocycles. The SMILES string of the molecule is NCC1(N2CCCCCC2)CCCCC1. The molecule has 1 aliphatic heterocycles. The van der Waals surface area contributed by atoms with Gasteiger partial charge in [0.25, 0.3) is 0 Å². The fourth-order valence-electron chi connectivity index (χ4n) is 3.40. The predicted molar refractivity (Wildman–Crippen MR) is 64.9 cm³/mol. The Labute approximate surface area is 94.2 Å². The second kappa shape index (κ2) is 5.31. The predicted octanol–water partition coefficient (Wildman–Crippen LogP) is 2.52. The van der Waals surface area contributed by atoms with Gasteiger partial charge in [0.2, 0.25) is 0 Å². The molecule has 1 heterocycles. The van der Waals surface area contributed by atoms with Crippen LogP contribution in [0, 0.1) is 0 Å². The van der Waals surface area contributed by atoms with Gasteiger partial charge in [-0.15, -0.1) is 0 Å². The van der Waals surface area contributed by atoms with E-state index < -0.39 is 0 Å². The van der Waals surface area contributed by atoms with E-state index in [0.717, 1.165) is 6.54 Å². The van der Waals surface area contributed by atoms with E-state index in [2.05, 4.69) is 4.90 Å². The third kappa shape index (κ3) is 2.54. The lowest BCUT2D eigenvalue weighted by Gasteiger charge is -2.45. The van der Waals surface area contributed by atoms with Crippen LogP contribution in [-0.4, -0.2) is 30.1 Å². The zero-order chi connectivity index (χ0) is 10.6. The van der Waals surface area contributed by atoms with Crippen molar-refractivity contribution < 1.29 is 0 Å². The number of hydrogen-bond donors (Lipinski definition) is 1. The van der Waals surface area contributed by atoms with E-state index in [1.165, 1.54) is 70.9 Å². The van der Waals surface area contributed by atoms with Crippen LogP contribution in [0.5, 0.6) is 0 Å². The van der Waals surface area contributed by atoms with Crippen molar-refractivity contribution in [3.8, 4) is 0 Å². The van der Waals surface area contributed by atoms with Gasteiger partial charge in [-0.1, -0.05) is 32.1 Å². The highest BCUT2D eigenvalue weighted by molar-refractivity contribution is 4.94. The smallest absolute Gasteiger partial charge is 0.0331 e. The Balaban J connectivity index is 2.01. The molecule has 2 aliphatic rings. The molecule has 2 fully saturated rings. The van der Waals surface area contributed by atoms with Crippen molar-refractivity contribution in [2.45, 2.75) is 63.3 Å². The van der Waals surface area contributed by atoms with Crippen LogP contribution in [0.15, 0.2) is 0 Å². The fraction of sp³-hybridized carbons (Fsp3) is 1.00. The zero-order valence-electron chi connectivity index (χ0n) is 10.0. The molecule has 0 radical (unpaired) electrons. The van der Waals surface area contributed by atoms with E-state index in [1.54, 1.807) is 0 Å². The molecule has 0 unspecified atom stereocenters. The van der Waals surface area contributed by atoms with Gasteiger partial charge in [-0.3, -0.25) is 4.90 Å². The Hall–Kier alpha value is -0.0800. The van der Waals surface area contributed by atoms with Crippen LogP contribution in [0.4, 0.5) is 0 Å². The van der Waals surface area contributed by atoms with Gasteiger partial charge >= 0.3 is 0 Å². The maximum absolute atomic E-state index is 6.08. The summed E-state index contributed by atoms with van der Waals surface area (Å²) in [6, 6.07) is 0. The highest BCUT2D eigenvalue weighted by atomic mass is 15.2. The standard InChI is InChI=1S/C13H26N2/c14-12-13(8-4-3-5-9-13)15-10-6-1-2-7-11-15/h1-12,14H2. The number of nitrogens with zero attached hydrogens (tertiary/aromatic N) is 1. The van der Waals surface area contributed by atoms with Crippen molar-refractivity contribution >= 4 is 0 Å². The Morgan fingerprint density at radius 2 is 1.33 bits per heavy atom. The minimum Gasteiger partial charge on any atom is -0.329 e. The second-order valence-corrected chi connectivity index (χ2v) is 5.39. The number of rotatable bonds is 2. The van der Waals surface area contributed by atoms with Gasteiger partial charge in [-0.25, -0.2) is 0 Å². The average molecular weight is 210 g/mol. The zero-order valence-corrected chi connectivity index (χ0v) is 10.0. The van der Waals surface area contributed by atoms with Crippen LogP contribution in [0.2, 0.25) is 0 Å². The van der Waals surface area contributed by atoms with Crippen LogP contribution < -0.4 is 5.73 Å². The molecule has 2 nitrogen and oxygen atoms in total.